The molecule has 3 heterocycles. The lowest BCUT2D eigenvalue weighted by atomic mass is 10.00. The third kappa shape index (κ3) is 3.32. The molecule has 0 N–H and O–H groups in total. The molecule has 0 unspecified atom stereocenters. The Hall–Kier alpha value is -3.74. The van der Waals surface area contributed by atoms with Crippen LogP contribution in [0.4, 0.5) is 11.4 Å². The third-order valence-electron chi connectivity index (χ3n) is 5.61. The highest BCUT2D eigenvalue weighted by molar-refractivity contribution is 6.10. The van der Waals surface area contributed by atoms with Gasteiger partial charge in [0.25, 0.3) is 5.91 Å². The van der Waals surface area contributed by atoms with Crippen LogP contribution in [0.15, 0.2) is 59.2 Å². The molecule has 1 aromatic heterocycles. The van der Waals surface area contributed by atoms with E-state index in [0.717, 1.165) is 16.9 Å². The SMILES string of the molecule is CC(=O)N1c2ccc(-c3ccc4c(c3)OCCO4)cc2N(C(=O)c2ccco2)C[C@@H]1C. The topological polar surface area (TPSA) is 72.2 Å². The van der Waals surface area contributed by atoms with E-state index in [1.165, 1.54) is 6.26 Å². The molecule has 0 saturated carbocycles. The molecular weight excluding hydrogens is 396 g/mol. The van der Waals surface area contributed by atoms with Gasteiger partial charge in [0, 0.05) is 13.5 Å². The Morgan fingerprint density at radius 1 is 0.935 bits per heavy atom. The Kier molecular flexibility index (Phi) is 4.66. The molecule has 0 saturated heterocycles. The van der Waals surface area contributed by atoms with E-state index in [9.17, 15) is 9.59 Å². The minimum atomic E-state index is -0.236. The molecule has 5 rings (SSSR count). The highest BCUT2D eigenvalue weighted by Crippen LogP contribution is 2.41. The smallest absolute Gasteiger partial charge is 0.294 e. The van der Waals surface area contributed by atoms with E-state index < -0.39 is 0 Å². The number of hydrogen-bond acceptors (Lipinski definition) is 5. The van der Waals surface area contributed by atoms with Gasteiger partial charge in [0.1, 0.15) is 13.2 Å². The van der Waals surface area contributed by atoms with Crippen LogP contribution < -0.4 is 19.3 Å². The van der Waals surface area contributed by atoms with E-state index in [1.807, 2.05) is 43.3 Å². The van der Waals surface area contributed by atoms with Crippen molar-refractivity contribution in [2.75, 3.05) is 29.6 Å². The summed E-state index contributed by atoms with van der Waals surface area (Å²) in [5, 5.41) is 0. The van der Waals surface area contributed by atoms with Crippen molar-refractivity contribution in [1.82, 2.24) is 0 Å². The number of rotatable bonds is 2. The quantitative estimate of drug-likeness (QED) is 0.626. The third-order valence-corrected chi connectivity index (χ3v) is 5.61. The number of furan rings is 1. The molecule has 7 nitrogen and oxygen atoms in total. The number of amides is 2. The second-order valence-corrected chi connectivity index (χ2v) is 7.69. The summed E-state index contributed by atoms with van der Waals surface area (Å²) in [4.78, 5) is 29.0. The Labute approximate surface area is 179 Å². The molecule has 2 aromatic carbocycles. The molecule has 0 spiro atoms. The normalized spacial score (nSPS) is 17.3. The van der Waals surface area contributed by atoms with Crippen molar-refractivity contribution in [2.24, 2.45) is 0 Å². The second kappa shape index (κ2) is 7.50. The number of benzene rings is 2. The van der Waals surface area contributed by atoms with Crippen LogP contribution >= 0.6 is 0 Å². The highest BCUT2D eigenvalue weighted by Gasteiger charge is 2.35. The van der Waals surface area contributed by atoms with Gasteiger partial charge in [-0.15, -0.1) is 0 Å². The summed E-state index contributed by atoms with van der Waals surface area (Å²) in [6.45, 7) is 4.89. The Bertz CT molecular complexity index is 1150. The van der Waals surface area contributed by atoms with Crippen LogP contribution in [0.3, 0.4) is 0 Å². The number of ether oxygens (including phenoxy) is 2. The summed E-state index contributed by atoms with van der Waals surface area (Å²) in [5.74, 6) is 1.38. The average molecular weight is 418 g/mol. The minimum absolute atomic E-state index is 0.0640. The fourth-order valence-electron chi connectivity index (χ4n) is 4.23. The van der Waals surface area contributed by atoms with E-state index in [-0.39, 0.29) is 23.6 Å². The van der Waals surface area contributed by atoms with Crippen LogP contribution in [-0.4, -0.2) is 37.6 Å². The standard InChI is InChI=1S/C24H22N2O5/c1-15-14-25(24(28)22-4-3-9-29-22)20-12-17(5-7-19(20)26(15)16(2)27)18-6-8-21-23(13-18)31-11-10-30-21/h3-9,12-13,15H,10-11,14H2,1-2H3/t15-/m0/s1. The van der Waals surface area contributed by atoms with E-state index >= 15 is 0 Å². The summed E-state index contributed by atoms with van der Waals surface area (Å²) in [7, 11) is 0. The van der Waals surface area contributed by atoms with E-state index in [2.05, 4.69) is 0 Å². The average Bonchev–Trinajstić information content (AvgIpc) is 3.32. The molecule has 0 radical (unpaired) electrons. The predicted octanol–water partition coefficient (Wildman–Crippen LogP) is 4.12. The van der Waals surface area contributed by atoms with Gasteiger partial charge in [-0.2, -0.15) is 0 Å². The van der Waals surface area contributed by atoms with Crippen LogP contribution in [0.5, 0.6) is 11.5 Å². The molecule has 158 valence electrons. The molecule has 2 amide bonds. The highest BCUT2D eigenvalue weighted by atomic mass is 16.6. The molecule has 2 aliphatic heterocycles. The van der Waals surface area contributed by atoms with Gasteiger partial charge in [-0.05, 0) is 54.4 Å². The fraction of sp³-hybridized carbons (Fsp3) is 0.250. The van der Waals surface area contributed by atoms with Crippen molar-refractivity contribution in [3.63, 3.8) is 0 Å². The van der Waals surface area contributed by atoms with Crippen LogP contribution in [0, 0.1) is 0 Å². The van der Waals surface area contributed by atoms with Crippen LogP contribution in [0.25, 0.3) is 11.1 Å². The zero-order chi connectivity index (χ0) is 21.5. The minimum Gasteiger partial charge on any atom is -0.486 e. The first-order valence-corrected chi connectivity index (χ1v) is 10.2. The van der Waals surface area contributed by atoms with Gasteiger partial charge in [-0.1, -0.05) is 12.1 Å². The lowest BCUT2D eigenvalue weighted by molar-refractivity contribution is -0.117. The van der Waals surface area contributed by atoms with E-state index in [1.54, 1.807) is 28.9 Å². The second-order valence-electron chi connectivity index (χ2n) is 7.69. The number of nitrogens with zero attached hydrogens (tertiary/aromatic N) is 2. The maximum absolute atomic E-state index is 13.2. The van der Waals surface area contributed by atoms with Gasteiger partial charge in [-0.3, -0.25) is 9.59 Å². The Balaban J connectivity index is 1.61. The summed E-state index contributed by atoms with van der Waals surface area (Å²) in [6, 6.07) is 14.7. The largest absolute Gasteiger partial charge is 0.486 e. The summed E-state index contributed by atoms with van der Waals surface area (Å²) < 4.78 is 16.7. The monoisotopic (exact) mass is 418 g/mol. The number of anilines is 2. The molecule has 1 atom stereocenters. The molecule has 2 aliphatic rings. The zero-order valence-electron chi connectivity index (χ0n) is 17.3. The first kappa shape index (κ1) is 19.2. The molecule has 31 heavy (non-hydrogen) atoms. The van der Waals surface area contributed by atoms with Crippen LogP contribution in [0.2, 0.25) is 0 Å². The lowest BCUT2D eigenvalue weighted by Gasteiger charge is -2.40. The first-order valence-electron chi connectivity index (χ1n) is 10.2. The summed E-state index contributed by atoms with van der Waals surface area (Å²) >= 11 is 0. The predicted molar refractivity (Wildman–Crippen MR) is 116 cm³/mol. The zero-order valence-corrected chi connectivity index (χ0v) is 17.3. The van der Waals surface area contributed by atoms with Crippen molar-refractivity contribution in [3.8, 4) is 22.6 Å². The summed E-state index contributed by atoms with van der Waals surface area (Å²) in [6.07, 6.45) is 1.48. The Morgan fingerprint density at radius 2 is 1.68 bits per heavy atom. The molecule has 0 bridgehead atoms. The maximum Gasteiger partial charge on any atom is 0.294 e. The van der Waals surface area contributed by atoms with Gasteiger partial charge in [0.2, 0.25) is 5.91 Å². The van der Waals surface area contributed by atoms with Crippen molar-refractivity contribution >= 4 is 23.2 Å². The van der Waals surface area contributed by atoms with E-state index in [0.29, 0.717) is 36.9 Å². The molecule has 0 aliphatic carbocycles. The number of hydrogen-bond donors (Lipinski definition) is 0. The molecule has 7 heteroatoms. The van der Waals surface area contributed by atoms with E-state index in [4.69, 9.17) is 13.9 Å². The van der Waals surface area contributed by atoms with Crippen LogP contribution in [0.1, 0.15) is 24.4 Å². The van der Waals surface area contributed by atoms with Crippen molar-refractivity contribution in [3.05, 3.63) is 60.6 Å². The van der Waals surface area contributed by atoms with Gasteiger partial charge in [0.05, 0.1) is 23.7 Å². The molecule has 0 fully saturated rings. The van der Waals surface area contributed by atoms with Gasteiger partial charge in [0.15, 0.2) is 17.3 Å². The fourth-order valence-corrected chi connectivity index (χ4v) is 4.23. The van der Waals surface area contributed by atoms with Crippen molar-refractivity contribution in [2.45, 2.75) is 19.9 Å². The summed E-state index contributed by atoms with van der Waals surface area (Å²) in [5.41, 5.74) is 3.21. The molecule has 3 aromatic rings. The number of carbonyl (C=O) groups excluding carboxylic acids is 2. The van der Waals surface area contributed by atoms with Gasteiger partial charge >= 0.3 is 0 Å². The van der Waals surface area contributed by atoms with Crippen molar-refractivity contribution in [1.29, 1.82) is 0 Å². The number of fused-ring (bicyclic) bond motifs is 2. The van der Waals surface area contributed by atoms with Gasteiger partial charge in [-0.25, -0.2) is 0 Å². The lowest BCUT2D eigenvalue weighted by Crippen LogP contribution is -2.51. The van der Waals surface area contributed by atoms with Crippen molar-refractivity contribution < 1.29 is 23.5 Å². The number of carbonyl (C=O) groups is 2. The Morgan fingerprint density at radius 3 is 2.42 bits per heavy atom. The van der Waals surface area contributed by atoms with Crippen LogP contribution in [-0.2, 0) is 4.79 Å². The molecular formula is C24H22N2O5. The maximum atomic E-state index is 13.2. The van der Waals surface area contributed by atoms with Gasteiger partial charge < -0.3 is 23.7 Å². The first-order chi connectivity index (χ1) is 15.0.